The molecular formula is C14H21N5O. The van der Waals surface area contributed by atoms with E-state index >= 15 is 0 Å². The van der Waals surface area contributed by atoms with E-state index in [1.54, 1.807) is 7.11 Å². The molecule has 0 N–H and O–H groups in total. The third kappa shape index (κ3) is 3.85. The summed E-state index contributed by atoms with van der Waals surface area (Å²) in [7, 11) is 3.76. The van der Waals surface area contributed by atoms with Gasteiger partial charge in [-0.15, -0.1) is 5.10 Å². The molecule has 6 nitrogen and oxygen atoms in total. The minimum atomic E-state index is 0.321. The van der Waals surface area contributed by atoms with Gasteiger partial charge >= 0.3 is 0 Å². The Kier molecular flexibility index (Phi) is 5.20. The second-order valence-electron chi connectivity index (χ2n) is 4.96. The molecule has 0 unspecified atom stereocenters. The normalized spacial score (nSPS) is 12.8. The average molecular weight is 275 g/mol. The first-order valence-electron chi connectivity index (χ1n) is 6.69. The summed E-state index contributed by atoms with van der Waals surface area (Å²) in [4.78, 5) is 2.18. The van der Waals surface area contributed by atoms with Crippen LogP contribution in [-0.4, -0.2) is 51.9 Å². The Bertz CT molecular complexity index is 513. The van der Waals surface area contributed by atoms with Crippen LogP contribution in [0.2, 0.25) is 0 Å². The highest BCUT2D eigenvalue weighted by Gasteiger charge is 2.14. The smallest absolute Gasteiger partial charge is 0.165 e. The van der Waals surface area contributed by atoms with Crippen LogP contribution in [-0.2, 0) is 17.8 Å². The Morgan fingerprint density at radius 3 is 2.75 bits per heavy atom. The van der Waals surface area contributed by atoms with Gasteiger partial charge in [-0.3, -0.25) is 4.90 Å². The molecule has 0 radical (unpaired) electrons. The molecule has 0 aliphatic heterocycles. The van der Waals surface area contributed by atoms with Crippen molar-refractivity contribution in [2.45, 2.75) is 26.1 Å². The molecule has 0 fully saturated rings. The number of methoxy groups -OCH3 is 1. The van der Waals surface area contributed by atoms with Crippen LogP contribution in [0.3, 0.4) is 0 Å². The van der Waals surface area contributed by atoms with Crippen molar-refractivity contribution in [3.8, 4) is 0 Å². The maximum atomic E-state index is 5.17. The summed E-state index contributed by atoms with van der Waals surface area (Å²) in [6, 6.07) is 10.5. The molecular weight excluding hydrogens is 254 g/mol. The average Bonchev–Trinajstić information content (AvgIpc) is 2.87. The molecule has 0 aliphatic carbocycles. The molecule has 0 saturated heterocycles. The lowest BCUT2D eigenvalue weighted by atomic mass is 10.2. The number of nitrogens with zero attached hydrogens (tertiary/aromatic N) is 5. The van der Waals surface area contributed by atoms with Crippen LogP contribution in [0.4, 0.5) is 0 Å². The Labute approximate surface area is 119 Å². The van der Waals surface area contributed by atoms with Crippen molar-refractivity contribution in [2.24, 2.45) is 0 Å². The van der Waals surface area contributed by atoms with Crippen molar-refractivity contribution < 1.29 is 4.74 Å². The van der Waals surface area contributed by atoms with E-state index in [0.717, 1.165) is 5.82 Å². The SMILES string of the molecule is COC[C@@H](C)N(C)Cc1nnnn1Cc1ccccc1. The van der Waals surface area contributed by atoms with Gasteiger partial charge in [0.1, 0.15) is 0 Å². The van der Waals surface area contributed by atoms with E-state index in [9.17, 15) is 0 Å². The molecule has 2 rings (SSSR count). The highest BCUT2D eigenvalue weighted by atomic mass is 16.5. The van der Waals surface area contributed by atoms with E-state index in [1.807, 2.05) is 29.9 Å². The van der Waals surface area contributed by atoms with Gasteiger partial charge in [-0.2, -0.15) is 0 Å². The van der Waals surface area contributed by atoms with E-state index in [2.05, 4.69) is 39.5 Å². The lowest BCUT2D eigenvalue weighted by molar-refractivity contribution is 0.109. The largest absolute Gasteiger partial charge is 0.383 e. The molecule has 20 heavy (non-hydrogen) atoms. The number of ether oxygens (including phenoxy) is 1. The van der Waals surface area contributed by atoms with Crippen molar-refractivity contribution in [3.05, 3.63) is 41.7 Å². The van der Waals surface area contributed by atoms with E-state index in [0.29, 0.717) is 25.7 Å². The first kappa shape index (κ1) is 14.6. The van der Waals surface area contributed by atoms with Crippen LogP contribution in [0.15, 0.2) is 30.3 Å². The van der Waals surface area contributed by atoms with E-state index in [-0.39, 0.29) is 0 Å². The Balaban J connectivity index is 2.01. The van der Waals surface area contributed by atoms with Crippen molar-refractivity contribution in [1.82, 2.24) is 25.1 Å². The van der Waals surface area contributed by atoms with Gasteiger partial charge in [0.25, 0.3) is 0 Å². The van der Waals surface area contributed by atoms with Crippen LogP contribution in [0.1, 0.15) is 18.3 Å². The molecule has 0 spiro atoms. The molecule has 0 bridgehead atoms. The molecule has 1 atom stereocenters. The third-order valence-electron chi connectivity index (χ3n) is 3.33. The third-order valence-corrected chi connectivity index (χ3v) is 3.33. The van der Waals surface area contributed by atoms with Crippen molar-refractivity contribution in [1.29, 1.82) is 0 Å². The highest BCUT2D eigenvalue weighted by Crippen LogP contribution is 2.06. The number of aromatic nitrogens is 4. The summed E-state index contributed by atoms with van der Waals surface area (Å²) in [5.41, 5.74) is 1.19. The van der Waals surface area contributed by atoms with Gasteiger partial charge in [0.2, 0.25) is 0 Å². The molecule has 0 amide bonds. The van der Waals surface area contributed by atoms with Crippen molar-refractivity contribution in [3.63, 3.8) is 0 Å². The van der Waals surface area contributed by atoms with E-state index in [1.165, 1.54) is 5.56 Å². The Hall–Kier alpha value is -1.79. The molecule has 0 saturated carbocycles. The van der Waals surface area contributed by atoms with Gasteiger partial charge in [-0.1, -0.05) is 30.3 Å². The fourth-order valence-corrected chi connectivity index (χ4v) is 1.96. The predicted molar refractivity (Wildman–Crippen MR) is 76.2 cm³/mol. The predicted octanol–water partition coefficient (Wildman–Crippen LogP) is 1.19. The monoisotopic (exact) mass is 275 g/mol. The fraction of sp³-hybridized carbons (Fsp3) is 0.500. The Morgan fingerprint density at radius 1 is 1.30 bits per heavy atom. The number of likely N-dealkylation sites (N-methyl/N-ethyl adjacent to an activating group) is 1. The van der Waals surface area contributed by atoms with Gasteiger partial charge in [-0.25, -0.2) is 4.68 Å². The van der Waals surface area contributed by atoms with Gasteiger partial charge < -0.3 is 4.74 Å². The van der Waals surface area contributed by atoms with Gasteiger partial charge in [0.05, 0.1) is 19.7 Å². The van der Waals surface area contributed by atoms with Crippen molar-refractivity contribution >= 4 is 0 Å². The minimum absolute atomic E-state index is 0.321. The molecule has 0 aliphatic rings. The maximum Gasteiger partial charge on any atom is 0.165 e. The van der Waals surface area contributed by atoms with Gasteiger partial charge in [0.15, 0.2) is 5.82 Å². The number of hydrogen-bond acceptors (Lipinski definition) is 5. The first-order valence-corrected chi connectivity index (χ1v) is 6.69. The summed E-state index contributed by atoms with van der Waals surface area (Å²) in [5, 5.41) is 12.0. The molecule has 2 aromatic rings. The number of tetrazole rings is 1. The van der Waals surface area contributed by atoms with E-state index < -0.39 is 0 Å². The first-order chi connectivity index (χ1) is 9.70. The molecule has 1 aromatic carbocycles. The standard InChI is InChI=1S/C14H21N5O/c1-12(11-20-3)18(2)10-14-15-16-17-19(14)9-13-7-5-4-6-8-13/h4-8,12H,9-11H2,1-3H3/t12-/m1/s1. The van der Waals surface area contributed by atoms with Crippen molar-refractivity contribution in [2.75, 3.05) is 20.8 Å². The molecule has 108 valence electrons. The van der Waals surface area contributed by atoms with E-state index in [4.69, 9.17) is 4.74 Å². The zero-order valence-corrected chi connectivity index (χ0v) is 12.2. The van der Waals surface area contributed by atoms with Crippen LogP contribution in [0.5, 0.6) is 0 Å². The number of benzene rings is 1. The Morgan fingerprint density at radius 2 is 2.05 bits per heavy atom. The fourth-order valence-electron chi connectivity index (χ4n) is 1.96. The lowest BCUT2D eigenvalue weighted by Crippen LogP contribution is -2.33. The highest BCUT2D eigenvalue weighted by molar-refractivity contribution is 5.14. The second kappa shape index (κ2) is 7.12. The second-order valence-corrected chi connectivity index (χ2v) is 4.96. The maximum absolute atomic E-state index is 5.17. The van der Waals surface area contributed by atoms with Gasteiger partial charge in [-0.05, 0) is 30.0 Å². The summed E-state index contributed by atoms with van der Waals surface area (Å²) < 4.78 is 7.01. The number of hydrogen-bond donors (Lipinski definition) is 0. The van der Waals surface area contributed by atoms with Crippen LogP contribution >= 0.6 is 0 Å². The number of rotatable bonds is 7. The summed E-state index contributed by atoms with van der Waals surface area (Å²) in [5.74, 6) is 0.860. The summed E-state index contributed by atoms with van der Waals surface area (Å²) in [6.07, 6.45) is 0. The summed E-state index contributed by atoms with van der Waals surface area (Å²) in [6.45, 7) is 4.20. The van der Waals surface area contributed by atoms with Crippen LogP contribution in [0, 0.1) is 0 Å². The minimum Gasteiger partial charge on any atom is -0.383 e. The zero-order chi connectivity index (χ0) is 14.4. The molecule has 1 aromatic heterocycles. The van der Waals surface area contributed by atoms with Crippen LogP contribution in [0.25, 0.3) is 0 Å². The topological polar surface area (TPSA) is 56.1 Å². The van der Waals surface area contributed by atoms with Crippen LogP contribution < -0.4 is 0 Å². The van der Waals surface area contributed by atoms with Gasteiger partial charge in [0, 0.05) is 13.2 Å². The quantitative estimate of drug-likeness (QED) is 0.759. The lowest BCUT2D eigenvalue weighted by Gasteiger charge is -2.23. The molecule has 6 heteroatoms. The summed E-state index contributed by atoms with van der Waals surface area (Å²) >= 11 is 0. The molecule has 1 heterocycles. The zero-order valence-electron chi connectivity index (χ0n) is 12.2.